The topological polar surface area (TPSA) is 92.5 Å². The highest BCUT2D eigenvalue weighted by Gasteiger charge is 2.15. The first-order chi connectivity index (χ1) is 6.50. The minimum atomic E-state index is -1.34. The van der Waals surface area contributed by atoms with Crippen LogP contribution in [-0.4, -0.2) is 16.1 Å². The first kappa shape index (κ1) is 10.5. The van der Waals surface area contributed by atoms with Gasteiger partial charge in [0, 0.05) is 10.5 Å². The van der Waals surface area contributed by atoms with Crippen LogP contribution in [0.4, 0.5) is 16.2 Å². The average molecular weight is 261 g/mol. The van der Waals surface area contributed by atoms with Crippen LogP contribution in [0.25, 0.3) is 0 Å². The van der Waals surface area contributed by atoms with Gasteiger partial charge in [-0.05, 0) is 12.1 Å². The van der Waals surface area contributed by atoms with Crippen molar-refractivity contribution in [3.63, 3.8) is 0 Å². The number of anilines is 1. The number of nitrogens with zero attached hydrogens (tertiary/aromatic N) is 1. The maximum atomic E-state index is 10.5. The average Bonchev–Trinajstić information content (AvgIpc) is 2.01. The van der Waals surface area contributed by atoms with Gasteiger partial charge in [0.25, 0.3) is 5.69 Å². The summed E-state index contributed by atoms with van der Waals surface area (Å²) >= 11 is 3.08. The molecule has 0 atom stereocenters. The molecular weight excluding hydrogens is 256 g/mol. The van der Waals surface area contributed by atoms with Crippen LogP contribution in [0.15, 0.2) is 22.7 Å². The van der Waals surface area contributed by atoms with E-state index in [2.05, 4.69) is 15.9 Å². The normalized spacial score (nSPS) is 9.50. The molecule has 14 heavy (non-hydrogen) atoms. The molecule has 1 rings (SSSR count). The second-order valence-electron chi connectivity index (χ2n) is 2.35. The first-order valence-corrected chi connectivity index (χ1v) is 4.24. The first-order valence-electron chi connectivity index (χ1n) is 3.44. The van der Waals surface area contributed by atoms with Crippen LogP contribution in [0, 0.1) is 10.1 Å². The zero-order chi connectivity index (χ0) is 10.7. The predicted octanol–water partition coefficient (Wildman–Crippen LogP) is 2.45. The van der Waals surface area contributed by atoms with Crippen molar-refractivity contribution in [3.8, 4) is 0 Å². The van der Waals surface area contributed by atoms with E-state index in [-0.39, 0.29) is 11.4 Å². The largest absolute Gasteiger partial charge is 0.465 e. The number of hydrogen-bond donors (Lipinski definition) is 2. The second kappa shape index (κ2) is 4.05. The van der Waals surface area contributed by atoms with Crippen LogP contribution in [0.2, 0.25) is 0 Å². The van der Waals surface area contributed by atoms with Gasteiger partial charge in [-0.3, -0.25) is 15.4 Å². The van der Waals surface area contributed by atoms with Gasteiger partial charge >= 0.3 is 6.09 Å². The highest BCUT2D eigenvalue weighted by atomic mass is 79.9. The lowest BCUT2D eigenvalue weighted by atomic mass is 10.3. The van der Waals surface area contributed by atoms with E-state index in [0.29, 0.717) is 4.47 Å². The Hall–Kier alpha value is -1.63. The van der Waals surface area contributed by atoms with E-state index in [1.54, 1.807) is 0 Å². The minimum Gasteiger partial charge on any atom is -0.465 e. The number of halogens is 1. The van der Waals surface area contributed by atoms with E-state index in [1.165, 1.54) is 18.2 Å². The Morgan fingerprint density at radius 2 is 2.21 bits per heavy atom. The van der Waals surface area contributed by atoms with Crippen molar-refractivity contribution in [2.75, 3.05) is 5.32 Å². The molecule has 0 spiro atoms. The van der Waals surface area contributed by atoms with E-state index >= 15 is 0 Å². The van der Waals surface area contributed by atoms with Crippen molar-refractivity contribution < 1.29 is 14.8 Å². The van der Waals surface area contributed by atoms with Crippen LogP contribution in [0.5, 0.6) is 0 Å². The summed E-state index contributed by atoms with van der Waals surface area (Å²) in [5.41, 5.74) is -0.340. The van der Waals surface area contributed by atoms with Gasteiger partial charge in [0.15, 0.2) is 0 Å². The molecule has 0 aliphatic carbocycles. The third kappa shape index (κ3) is 2.43. The van der Waals surface area contributed by atoms with Crippen molar-refractivity contribution in [1.82, 2.24) is 0 Å². The summed E-state index contributed by atoms with van der Waals surface area (Å²) in [5.74, 6) is 0. The quantitative estimate of drug-likeness (QED) is 0.631. The molecule has 0 radical (unpaired) electrons. The third-order valence-electron chi connectivity index (χ3n) is 1.40. The van der Waals surface area contributed by atoms with Gasteiger partial charge in [0.1, 0.15) is 5.69 Å². The molecule has 1 aromatic rings. The van der Waals surface area contributed by atoms with E-state index in [9.17, 15) is 14.9 Å². The summed E-state index contributed by atoms with van der Waals surface area (Å²) < 4.78 is 0.562. The van der Waals surface area contributed by atoms with Gasteiger partial charge in [-0.2, -0.15) is 0 Å². The molecular formula is C7H5BrN2O4. The lowest BCUT2D eigenvalue weighted by molar-refractivity contribution is -0.383. The van der Waals surface area contributed by atoms with Crippen molar-refractivity contribution in [2.45, 2.75) is 0 Å². The van der Waals surface area contributed by atoms with E-state index < -0.39 is 11.0 Å². The molecule has 0 bridgehead atoms. The molecule has 0 aromatic heterocycles. The number of benzene rings is 1. The summed E-state index contributed by atoms with van der Waals surface area (Å²) in [4.78, 5) is 20.1. The third-order valence-corrected chi connectivity index (χ3v) is 1.89. The maximum Gasteiger partial charge on any atom is 0.409 e. The lowest BCUT2D eigenvalue weighted by Crippen LogP contribution is -2.09. The second-order valence-corrected chi connectivity index (χ2v) is 3.26. The zero-order valence-corrected chi connectivity index (χ0v) is 8.32. The maximum absolute atomic E-state index is 10.5. The molecule has 0 aliphatic rings. The number of carbonyl (C=O) groups is 1. The Morgan fingerprint density at radius 3 is 2.71 bits per heavy atom. The summed E-state index contributed by atoms with van der Waals surface area (Å²) in [6.45, 7) is 0. The fraction of sp³-hybridized carbons (Fsp3) is 0. The SMILES string of the molecule is O=C(O)Nc1cc(Br)ccc1[N+](=O)[O-]. The van der Waals surface area contributed by atoms with Crippen LogP contribution in [0.1, 0.15) is 0 Å². The summed E-state index contributed by atoms with van der Waals surface area (Å²) in [6.07, 6.45) is -1.34. The van der Waals surface area contributed by atoms with Gasteiger partial charge < -0.3 is 5.11 Å². The van der Waals surface area contributed by atoms with E-state index in [0.717, 1.165) is 0 Å². The number of amides is 1. The molecule has 1 aromatic carbocycles. The number of nitro benzene ring substituents is 1. The molecule has 0 saturated carbocycles. The number of nitro groups is 1. The molecule has 6 nitrogen and oxygen atoms in total. The van der Waals surface area contributed by atoms with Gasteiger partial charge in [-0.15, -0.1) is 0 Å². The van der Waals surface area contributed by atoms with Crippen molar-refractivity contribution >= 4 is 33.4 Å². The smallest absolute Gasteiger partial charge is 0.409 e. The Bertz CT molecular complexity index is 393. The van der Waals surface area contributed by atoms with Crippen LogP contribution >= 0.6 is 15.9 Å². The number of rotatable bonds is 2. The van der Waals surface area contributed by atoms with Crippen molar-refractivity contribution in [1.29, 1.82) is 0 Å². The summed E-state index contributed by atoms with van der Waals surface area (Å²) in [5, 5.41) is 20.8. The Labute approximate surface area is 86.8 Å². The molecule has 7 heteroatoms. The molecule has 0 aliphatic heterocycles. The molecule has 0 heterocycles. The van der Waals surface area contributed by atoms with Crippen LogP contribution in [0.3, 0.4) is 0 Å². The molecule has 2 N–H and O–H groups in total. The van der Waals surface area contributed by atoms with Crippen LogP contribution in [-0.2, 0) is 0 Å². The Kier molecular flexibility index (Phi) is 3.03. The molecule has 0 fully saturated rings. The predicted molar refractivity (Wildman–Crippen MR) is 52.4 cm³/mol. The lowest BCUT2D eigenvalue weighted by Gasteiger charge is -2.02. The van der Waals surface area contributed by atoms with Crippen molar-refractivity contribution in [2.24, 2.45) is 0 Å². The molecule has 0 unspecified atom stereocenters. The molecule has 1 amide bonds. The number of nitrogens with one attached hydrogen (secondary N) is 1. The monoisotopic (exact) mass is 260 g/mol. The standard InChI is InChI=1S/C7H5BrN2O4/c8-4-1-2-6(10(13)14)5(3-4)9-7(11)12/h1-3,9H,(H,11,12). The summed E-state index contributed by atoms with van der Waals surface area (Å²) in [7, 11) is 0. The summed E-state index contributed by atoms with van der Waals surface area (Å²) in [6, 6.07) is 4.01. The molecule has 74 valence electrons. The van der Waals surface area contributed by atoms with Gasteiger partial charge in [-0.25, -0.2) is 4.79 Å². The Balaban J connectivity index is 3.15. The Morgan fingerprint density at radius 1 is 1.57 bits per heavy atom. The zero-order valence-electron chi connectivity index (χ0n) is 6.73. The minimum absolute atomic E-state index is 0.0584. The highest BCUT2D eigenvalue weighted by Crippen LogP contribution is 2.27. The van der Waals surface area contributed by atoms with Crippen molar-refractivity contribution in [3.05, 3.63) is 32.8 Å². The number of carboxylic acid groups (broad SMARTS) is 1. The fourth-order valence-electron chi connectivity index (χ4n) is 0.883. The number of hydrogen-bond acceptors (Lipinski definition) is 3. The van der Waals surface area contributed by atoms with Gasteiger partial charge in [-0.1, -0.05) is 15.9 Å². The van der Waals surface area contributed by atoms with Gasteiger partial charge in [0.05, 0.1) is 4.92 Å². The van der Waals surface area contributed by atoms with Crippen LogP contribution < -0.4 is 5.32 Å². The van der Waals surface area contributed by atoms with E-state index in [1.807, 2.05) is 5.32 Å². The van der Waals surface area contributed by atoms with E-state index in [4.69, 9.17) is 5.11 Å². The highest BCUT2D eigenvalue weighted by molar-refractivity contribution is 9.10. The van der Waals surface area contributed by atoms with Gasteiger partial charge in [0.2, 0.25) is 0 Å². The molecule has 0 saturated heterocycles. The fourth-order valence-corrected chi connectivity index (χ4v) is 1.24.